The number of carbonyl (C=O) groups excluding carboxylic acids is 1. The van der Waals surface area contributed by atoms with Crippen molar-refractivity contribution in [2.45, 2.75) is 6.42 Å². The second-order valence-electron chi connectivity index (χ2n) is 7.41. The van der Waals surface area contributed by atoms with Gasteiger partial charge in [0.1, 0.15) is 0 Å². The predicted molar refractivity (Wildman–Crippen MR) is 115 cm³/mol. The van der Waals surface area contributed by atoms with Crippen LogP contribution in [-0.4, -0.2) is 24.9 Å². The average molecular weight is 366 g/mol. The lowest BCUT2D eigenvalue weighted by Crippen LogP contribution is -2.23. The van der Waals surface area contributed by atoms with Gasteiger partial charge in [-0.25, -0.2) is 4.42 Å². The molecule has 0 fully saturated rings. The molecule has 0 spiro atoms. The molecule has 0 radical (unpaired) electrons. The number of likely N-dealkylation sites (N-methyl/N-ethyl adjacent to an activating group) is 1. The van der Waals surface area contributed by atoms with E-state index in [1.54, 1.807) is 19.0 Å². The van der Waals surface area contributed by atoms with Crippen LogP contribution in [0.5, 0.6) is 0 Å². The minimum absolute atomic E-state index is 0.0998. The van der Waals surface area contributed by atoms with Crippen molar-refractivity contribution < 1.29 is 9.21 Å². The summed E-state index contributed by atoms with van der Waals surface area (Å²) in [4.78, 5) is 14.1. The zero-order valence-corrected chi connectivity index (χ0v) is 15.9. The van der Waals surface area contributed by atoms with Gasteiger partial charge in [0, 0.05) is 30.9 Å². The molecule has 0 aliphatic rings. The molecule has 28 heavy (non-hydrogen) atoms. The van der Waals surface area contributed by atoms with Gasteiger partial charge in [-0.1, -0.05) is 36.4 Å². The van der Waals surface area contributed by atoms with Gasteiger partial charge in [-0.2, -0.15) is 0 Å². The highest BCUT2D eigenvalue weighted by Gasteiger charge is 2.22. The molecule has 0 bridgehead atoms. The Hall–Kier alpha value is -3.46. The molecule has 0 atom stereocenters. The van der Waals surface area contributed by atoms with Crippen LogP contribution in [0.15, 0.2) is 77.2 Å². The van der Waals surface area contributed by atoms with E-state index in [4.69, 9.17) is 4.42 Å². The van der Waals surface area contributed by atoms with Crippen LogP contribution in [0, 0.1) is 0 Å². The first kappa shape index (κ1) is 16.7. The van der Waals surface area contributed by atoms with Crippen molar-refractivity contribution >= 4 is 38.4 Å². The monoisotopic (exact) mass is 366 g/mol. The Morgan fingerprint density at radius 2 is 1.68 bits per heavy atom. The Balaban J connectivity index is 1.85. The maximum Gasteiger partial charge on any atom is 0.362 e. The van der Waals surface area contributed by atoms with E-state index in [1.807, 2.05) is 36.4 Å². The summed E-state index contributed by atoms with van der Waals surface area (Å²) < 4.78 is 6.28. The lowest BCUT2D eigenvalue weighted by atomic mass is 9.92. The van der Waals surface area contributed by atoms with Gasteiger partial charge in [-0.05, 0) is 40.6 Å². The molecule has 1 heterocycles. The maximum absolute atomic E-state index is 12.4. The standard InChI is InChI=1S/C25H20NO2/c1-26(2)23(27)15-18-13-19-14-22(16-7-4-3-5-8-16)28-21-12-11-17-9-6-10-20(18)24(17)25(19)21/h3-14H,15H2,1-2H3/q+1. The molecular weight excluding hydrogens is 346 g/mol. The molecule has 5 aromatic rings. The van der Waals surface area contributed by atoms with Crippen LogP contribution in [-0.2, 0) is 11.2 Å². The normalized spacial score (nSPS) is 11.5. The largest absolute Gasteiger partial charge is 0.362 e. The van der Waals surface area contributed by atoms with Crippen molar-refractivity contribution in [1.82, 2.24) is 4.90 Å². The van der Waals surface area contributed by atoms with E-state index in [1.165, 1.54) is 5.39 Å². The number of hydrogen-bond donors (Lipinski definition) is 0. The molecular formula is C25H20NO2+. The third-order valence-electron chi connectivity index (χ3n) is 5.38. The van der Waals surface area contributed by atoms with E-state index in [-0.39, 0.29) is 5.91 Å². The van der Waals surface area contributed by atoms with Crippen LogP contribution in [0.1, 0.15) is 5.56 Å². The number of hydrogen-bond acceptors (Lipinski definition) is 1. The van der Waals surface area contributed by atoms with Crippen LogP contribution < -0.4 is 0 Å². The van der Waals surface area contributed by atoms with Crippen molar-refractivity contribution in [2.75, 3.05) is 14.1 Å². The molecule has 0 unspecified atom stereocenters. The Morgan fingerprint density at radius 3 is 2.46 bits per heavy atom. The summed E-state index contributed by atoms with van der Waals surface area (Å²) in [6, 6.07) is 24.8. The highest BCUT2D eigenvalue weighted by molar-refractivity contribution is 6.23. The summed E-state index contributed by atoms with van der Waals surface area (Å²) in [7, 11) is 3.60. The van der Waals surface area contributed by atoms with E-state index < -0.39 is 0 Å². The van der Waals surface area contributed by atoms with Crippen molar-refractivity contribution in [2.24, 2.45) is 0 Å². The summed E-state index contributed by atoms with van der Waals surface area (Å²) in [5, 5.41) is 5.67. The van der Waals surface area contributed by atoms with Gasteiger partial charge in [-0.3, -0.25) is 4.79 Å². The molecule has 0 saturated heterocycles. The van der Waals surface area contributed by atoms with Crippen LogP contribution in [0.3, 0.4) is 0 Å². The lowest BCUT2D eigenvalue weighted by molar-refractivity contribution is -0.127. The summed E-state index contributed by atoms with van der Waals surface area (Å²) in [6.07, 6.45) is 0.384. The number of benzene rings is 4. The Kier molecular flexibility index (Phi) is 3.76. The molecule has 3 heteroatoms. The summed E-state index contributed by atoms with van der Waals surface area (Å²) in [5.41, 5.74) is 2.96. The topological polar surface area (TPSA) is 31.6 Å². The molecule has 0 saturated carbocycles. The van der Waals surface area contributed by atoms with E-state index >= 15 is 0 Å². The SMILES string of the molecule is CN(C)C(=O)Cc1cc2cc(-c3ccccc3)[o+]c3ccc4cccc1c4c23. The molecule has 0 aliphatic carbocycles. The fourth-order valence-electron chi connectivity index (χ4n) is 3.95. The fourth-order valence-corrected chi connectivity index (χ4v) is 3.95. The number of nitrogens with zero attached hydrogens (tertiary/aromatic N) is 1. The smallest absolute Gasteiger partial charge is 0.349 e. The van der Waals surface area contributed by atoms with Crippen LogP contribution in [0.2, 0.25) is 0 Å². The van der Waals surface area contributed by atoms with Crippen molar-refractivity contribution in [3.63, 3.8) is 0 Å². The predicted octanol–water partition coefficient (Wildman–Crippen LogP) is 5.76. The van der Waals surface area contributed by atoms with Gasteiger partial charge < -0.3 is 4.90 Å². The fraction of sp³-hybridized carbons (Fsp3) is 0.120. The summed E-state index contributed by atoms with van der Waals surface area (Å²) >= 11 is 0. The minimum Gasteiger partial charge on any atom is -0.349 e. The quantitative estimate of drug-likeness (QED) is 0.300. The first-order valence-electron chi connectivity index (χ1n) is 9.41. The minimum atomic E-state index is 0.0998. The second-order valence-corrected chi connectivity index (χ2v) is 7.41. The van der Waals surface area contributed by atoms with Gasteiger partial charge in [0.15, 0.2) is 0 Å². The first-order valence-corrected chi connectivity index (χ1v) is 9.41. The second kappa shape index (κ2) is 6.31. The van der Waals surface area contributed by atoms with Crippen molar-refractivity contribution in [3.05, 3.63) is 78.4 Å². The van der Waals surface area contributed by atoms with E-state index in [2.05, 4.69) is 36.4 Å². The molecule has 0 aliphatic heterocycles. The molecule has 1 aromatic heterocycles. The highest BCUT2D eigenvalue weighted by Crippen LogP contribution is 2.39. The van der Waals surface area contributed by atoms with Gasteiger partial charge in [0.2, 0.25) is 5.91 Å². The third-order valence-corrected chi connectivity index (χ3v) is 5.38. The number of carbonyl (C=O) groups is 1. The molecule has 4 aromatic carbocycles. The molecule has 3 nitrogen and oxygen atoms in total. The summed E-state index contributed by atoms with van der Waals surface area (Å²) in [6.45, 7) is 0. The van der Waals surface area contributed by atoms with Crippen molar-refractivity contribution in [1.29, 1.82) is 0 Å². The average Bonchev–Trinajstić information content (AvgIpc) is 2.72. The zero-order chi connectivity index (χ0) is 19.3. The molecule has 1 amide bonds. The van der Waals surface area contributed by atoms with Crippen LogP contribution >= 0.6 is 0 Å². The van der Waals surface area contributed by atoms with Gasteiger partial charge in [0.05, 0.1) is 23.4 Å². The zero-order valence-electron chi connectivity index (χ0n) is 15.9. The third kappa shape index (κ3) is 2.59. The van der Waals surface area contributed by atoms with E-state index in [0.717, 1.165) is 44.0 Å². The highest BCUT2D eigenvalue weighted by atomic mass is 16.3. The lowest BCUT2D eigenvalue weighted by Gasteiger charge is -2.14. The van der Waals surface area contributed by atoms with Crippen LogP contribution in [0.4, 0.5) is 0 Å². The Bertz CT molecular complexity index is 1320. The van der Waals surface area contributed by atoms with Gasteiger partial charge >= 0.3 is 11.3 Å². The first-order chi connectivity index (χ1) is 13.6. The van der Waals surface area contributed by atoms with Crippen LogP contribution in [0.25, 0.3) is 43.8 Å². The van der Waals surface area contributed by atoms with Gasteiger partial charge in [0.25, 0.3) is 0 Å². The Labute approximate surface area is 163 Å². The van der Waals surface area contributed by atoms with E-state index in [0.29, 0.717) is 6.42 Å². The molecule has 0 N–H and O–H groups in total. The summed E-state index contributed by atoms with van der Waals surface area (Å²) in [5.74, 6) is 0.930. The Morgan fingerprint density at radius 1 is 0.857 bits per heavy atom. The number of rotatable bonds is 3. The van der Waals surface area contributed by atoms with Gasteiger partial charge in [-0.15, -0.1) is 0 Å². The molecule has 136 valence electrons. The maximum atomic E-state index is 12.4. The number of amides is 1. The van der Waals surface area contributed by atoms with Crippen molar-refractivity contribution in [3.8, 4) is 11.3 Å². The van der Waals surface area contributed by atoms with E-state index in [9.17, 15) is 4.79 Å². The molecule has 5 rings (SSSR count).